The number of carbonyl (C=O) groups is 3. The van der Waals surface area contributed by atoms with Gasteiger partial charge in [0.05, 0.1) is 12.3 Å². The highest BCUT2D eigenvalue weighted by atomic mass is 32.2. The molecule has 0 N–H and O–H groups in total. The van der Waals surface area contributed by atoms with Gasteiger partial charge in [0, 0.05) is 18.2 Å². The predicted octanol–water partition coefficient (Wildman–Crippen LogP) is 4.00. The Balaban J connectivity index is 1.51. The van der Waals surface area contributed by atoms with E-state index in [1.165, 1.54) is 10.5 Å². The number of aryl methyl sites for hydroxylation is 1. The van der Waals surface area contributed by atoms with Crippen LogP contribution in [0.5, 0.6) is 0 Å². The van der Waals surface area contributed by atoms with Gasteiger partial charge in [-0.25, -0.2) is 0 Å². The number of hydrogen-bond donors (Lipinski definition) is 0. The van der Waals surface area contributed by atoms with Gasteiger partial charge in [-0.3, -0.25) is 19.3 Å². The van der Waals surface area contributed by atoms with Gasteiger partial charge in [0.2, 0.25) is 5.91 Å². The first-order valence-electron chi connectivity index (χ1n) is 9.44. The summed E-state index contributed by atoms with van der Waals surface area (Å²) in [5, 5.41) is -0.222. The van der Waals surface area contributed by atoms with Gasteiger partial charge in [-0.15, -0.1) is 0 Å². The molecule has 6 heteroatoms. The molecule has 1 heterocycles. The molecule has 0 atom stereocenters. The molecule has 2 aliphatic rings. The molecule has 2 aromatic rings. The van der Waals surface area contributed by atoms with Crippen molar-refractivity contribution in [3.63, 3.8) is 0 Å². The molecular weight excluding hydrogens is 372 g/mol. The summed E-state index contributed by atoms with van der Waals surface area (Å²) in [6.45, 7) is 2.86. The van der Waals surface area contributed by atoms with Crippen LogP contribution in [-0.4, -0.2) is 38.6 Å². The van der Waals surface area contributed by atoms with Crippen molar-refractivity contribution in [3.8, 4) is 0 Å². The molecule has 2 fully saturated rings. The van der Waals surface area contributed by atoms with Crippen LogP contribution in [0.3, 0.4) is 0 Å². The van der Waals surface area contributed by atoms with Crippen molar-refractivity contribution in [1.29, 1.82) is 0 Å². The molecule has 144 valence electrons. The summed E-state index contributed by atoms with van der Waals surface area (Å²) in [4.78, 5) is 40.1. The molecule has 2 aromatic carbocycles. The van der Waals surface area contributed by atoms with Crippen molar-refractivity contribution in [1.82, 2.24) is 9.80 Å². The lowest BCUT2D eigenvalue weighted by molar-refractivity contribution is -0.125. The molecule has 0 unspecified atom stereocenters. The van der Waals surface area contributed by atoms with Gasteiger partial charge in [0.25, 0.3) is 11.1 Å². The van der Waals surface area contributed by atoms with Crippen LogP contribution < -0.4 is 0 Å². The third-order valence-electron chi connectivity index (χ3n) is 5.08. The maximum absolute atomic E-state index is 13.2. The summed E-state index contributed by atoms with van der Waals surface area (Å²) >= 11 is 1.02. The lowest BCUT2D eigenvalue weighted by Gasteiger charge is -2.23. The third kappa shape index (κ3) is 4.12. The van der Waals surface area contributed by atoms with Crippen LogP contribution in [0.1, 0.15) is 39.9 Å². The lowest BCUT2D eigenvalue weighted by Crippen LogP contribution is -2.33. The Bertz CT molecular complexity index is 906. The van der Waals surface area contributed by atoms with Gasteiger partial charge in [0.1, 0.15) is 0 Å². The van der Waals surface area contributed by atoms with Crippen LogP contribution in [0.25, 0.3) is 0 Å². The minimum Gasteiger partial charge on any atom is -0.331 e. The summed E-state index contributed by atoms with van der Waals surface area (Å²) < 4.78 is 0. The van der Waals surface area contributed by atoms with E-state index in [1.54, 1.807) is 12.1 Å². The summed E-state index contributed by atoms with van der Waals surface area (Å²) in [6.07, 6.45) is 2.07. The summed E-state index contributed by atoms with van der Waals surface area (Å²) in [5.41, 5.74) is 3.71. The number of rotatable bonds is 6. The molecule has 4 rings (SSSR count). The number of imide groups is 1. The van der Waals surface area contributed by atoms with E-state index in [0.717, 1.165) is 35.7 Å². The monoisotopic (exact) mass is 394 g/mol. The van der Waals surface area contributed by atoms with E-state index < -0.39 is 0 Å². The number of thioether (sulfide) groups is 1. The summed E-state index contributed by atoms with van der Waals surface area (Å²) in [7, 11) is 0. The Labute approximate surface area is 168 Å². The predicted molar refractivity (Wildman–Crippen MR) is 109 cm³/mol. The topological polar surface area (TPSA) is 57.7 Å². The molecular formula is C22H22N2O3S. The smallest absolute Gasteiger partial charge is 0.289 e. The third-order valence-corrected chi connectivity index (χ3v) is 5.94. The van der Waals surface area contributed by atoms with E-state index in [0.29, 0.717) is 12.1 Å². The molecule has 28 heavy (non-hydrogen) atoms. The van der Waals surface area contributed by atoms with E-state index in [2.05, 4.69) is 24.3 Å². The first kappa shape index (κ1) is 18.7. The van der Waals surface area contributed by atoms with Gasteiger partial charge in [-0.1, -0.05) is 53.7 Å². The maximum Gasteiger partial charge on any atom is 0.289 e. The largest absolute Gasteiger partial charge is 0.331 e. The van der Waals surface area contributed by atoms with Crippen molar-refractivity contribution in [2.24, 2.45) is 0 Å². The lowest BCUT2D eigenvalue weighted by atomic mass is 10.1. The Morgan fingerprint density at radius 3 is 2.50 bits per heavy atom. The maximum atomic E-state index is 13.2. The molecule has 0 bridgehead atoms. The van der Waals surface area contributed by atoms with Crippen LogP contribution in [0.15, 0.2) is 48.5 Å². The number of benzene rings is 2. The first-order valence-corrected chi connectivity index (χ1v) is 10.4. The van der Waals surface area contributed by atoms with E-state index in [1.807, 2.05) is 24.0 Å². The van der Waals surface area contributed by atoms with Crippen LogP contribution in [0, 0.1) is 6.92 Å². The van der Waals surface area contributed by atoms with Gasteiger partial charge in [-0.2, -0.15) is 0 Å². The van der Waals surface area contributed by atoms with E-state index in [9.17, 15) is 14.4 Å². The zero-order valence-corrected chi connectivity index (χ0v) is 16.6. The summed E-state index contributed by atoms with van der Waals surface area (Å²) in [6, 6.07) is 15.8. The van der Waals surface area contributed by atoms with E-state index >= 15 is 0 Å². The average molecular weight is 394 g/mol. The highest BCUT2D eigenvalue weighted by Gasteiger charge is 2.33. The van der Waals surface area contributed by atoms with Crippen LogP contribution in [0.4, 0.5) is 4.79 Å². The SMILES string of the molecule is Cc1ccc(CN(C(=O)c2cccc(CN3C(=O)CSC3=O)c2)C2CC2)cc1. The van der Waals surface area contributed by atoms with Gasteiger partial charge in [-0.05, 0) is 43.0 Å². The molecule has 1 aliphatic heterocycles. The average Bonchev–Trinajstić information content (AvgIpc) is 3.49. The molecule has 0 spiro atoms. The standard InChI is InChI=1S/C22H22N2O3S/c1-15-5-7-16(8-6-15)12-23(19-9-10-19)21(26)18-4-2-3-17(11-18)13-24-20(25)14-28-22(24)27/h2-8,11,19H,9-10,12-14H2,1H3. The van der Waals surface area contributed by atoms with Crippen molar-refractivity contribution in [3.05, 3.63) is 70.8 Å². The number of hydrogen-bond acceptors (Lipinski definition) is 4. The fourth-order valence-corrected chi connectivity index (χ4v) is 4.05. The number of nitrogens with zero attached hydrogens (tertiary/aromatic N) is 2. The zero-order valence-electron chi connectivity index (χ0n) is 15.8. The fourth-order valence-electron chi connectivity index (χ4n) is 3.33. The minimum atomic E-state index is -0.222. The second kappa shape index (κ2) is 7.80. The Hall–Kier alpha value is -2.60. The first-order chi connectivity index (χ1) is 13.5. The second-order valence-electron chi connectivity index (χ2n) is 7.38. The second-order valence-corrected chi connectivity index (χ2v) is 8.31. The van der Waals surface area contributed by atoms with Crippen LogP contribution in [-0.2, 0) is 17.9 Å². The van der Waals surface area contributed by atoms with Gasteiger partial charge < -0.3 is 4.90 Å². The quantitative estimate of drug-likeness (QED) is 0.743. The number of carbonyl (C=O) groups excluding carboxylic acids is 3. The van der Waals surface area contributed by atoms with Crippen molar-refractivity contribution in [2.75, 3.05) is 5.75 Å². The molecule has 1 aliphatic carbocycles. The summed E-state index contributed by atoms with van der Waals surface area (Å²) in [5.74, 6) is 0.0211. The van der Waals surface area contributed by atoms with Gasteiger partial charge in [0.15, 0.2) is 0 Å². The molecule has 3 amide bonds. The minimum absolute atomic E-state index is 0.00150. The Morgan fingerprint density at radius 1 is 1.11 bits per heavy atom. The van der Waals surface area contributed by atoms with E-state index in [4.69, 9.17) is 0 Å². The molecule has 5 nitrogen and oxygen atoms in total. The zero-order chi connectivity index (χ0) is 19.7. The van der Waals surface area contributed by atoms with Crippen LogP contribution >= 0.6 is 11.8 Å². The van der Waals surface area contributed by atoms with Crippen molar-refractivity contribution < 1.29 is 14.4 Å². The highest BCUT2D eigenvalue weighted by molar-refractivity contribution is 8.14. The molecule has 0 aromatic heterocycles. The van der Waals surface area contributed by atoms with Crippen LogP contribution in [0.2, 0.25) is 0 Å². The Morgan fingerprint density at radius 2 is 1.86 bits per heavy atom. The molecule has 0 radical (unpaired) electrons. The Kier molecular flexibility index (Phi) is 5.22. The van der Waals surface area contributed by atoms with E-state index in [-0.39, 0.29) is 35.4 Å². The normalized spacial score (nSPS) is 16.5. The molecule has 1 saturated heterocycles. The van der Waals surface area contributed by atoms with Gasteiger partial charge >= 0.3 is 0 Å². The highest BCUT2D eigenvalue weighted by Crippen LogP contribution is 2.30. The van der Waals surface area contributed by atoms with Crippen molar-refractivity contribution >= 4 is 28.8 Å². The van der Waals surface area contributed by atoms with Crippen molar-refractivity contribution in [2.45, 2.75) is 38.9 Å². The number of amides is 3. The fraction of sp³-hybridized carbons (Fsp3) is 0.318. The molecule has 1 saturated carbocycles.